The molecule has 0 N–H and O–H groups in total. The summed E-state index contributed by atoms with van der Waals surface area (Å²) >= 11 is 0. The van der Waals surface area contributed by atoms with Crippen LogP contribution in [0.25, 0.3) is 144 Å². The molecule has 0 spiro atoms. The number of hydrogen-bond acceptors (Lipinski definition) is 3. The number of aromatic nitrogens is 7. The molecule has 0 radical (unpaired) electrons. The normalized spacial score (nSPS) is 11.9. The van der Waals surface area contributed by atoms with Crippen molar-refractivity contribution in [1.82, 2.24) is 33.2 Å². The van der Waals surface area contributed by atoms with Gasteiger partial charge in [0.05, 0.1) is 44.1 Å². The highest BCUT2D eigenvalue weighted by Crippen LogP contribution is 2.44. The van der Waals surface area contributed by atoms with Crippen molar-refractivity contribution in [3.63, 3.8) is 0 Å². The first-order chi connectivity index (χ1) is 37.7. The number of para-hydroxylation sites is 5. The van der Waals surface area contributed by atoms with Gasteiger partial charge in [0, 0.05) is 71.3 Å². The fourth-order valence-corrected chi connectivity index (χ4v) is 12.1. The van der Waals surface area contributed by atoms with Crippen molar-refractivity contribution >= 4 is 87.2 Å². The van der Waals surface area contributed by atoms with E-state index in [1.165, 1.54) is 32.6 Å². The second-order valence-electron chi connectivity index (χ2n) is 19.6. The summed E-state index contributed by atoms with van der Waals surface area (Å²) in [5.74, 6) is 1.71. The van der Waals surface area contributed by atoms with Gasteiger partial charge in [-0.2, -0.15) is 9.97 Å². The van der Waals surface area contributed by atoms with E-state index in [9.17, 15) is 0 Å². The van der Waals surface area contributed by atoms with Crippen LogP contribution in [0.5, 0.6) is 0 Å². The third kappa shape index (κ3) is 6.33. The molecule has 7 heteroatoms. The van der Waals surface area contributed by atoms with Gasteiger partial charge >= 0.3 is 0 Å². The molecule has 0 atom stereocenters. The Morgan fingerprint density at radius 1 is 0.211 bits per heavy atom. The lowest BCUT2D eigenvalue weighted by atomic mass is 10.0. The van der Waals surface area contributed by atoms with Crippen LogP contribution < -0.4 is 0 Å². The number of fused-ring (bicyclic) bond motifs is 13. The van der Waals surface area contributed by atoms with Gasteiger partial charge in [-0.1, -0.05) is 182 Å². The van der Waals surface area contributed by atoms with E-state index in [0.717, 1.165) is 94.0 Å². The van der Waals surface area contributed by atoms with Crippen molar-refractivity contribution in [2.45, 2.75) is 0 Å². The maximum Gasteiger partial charge on any atom is 0.238 e. The minimum atomic E-state index is 0.530. The highest BCUT2D eigenvalue weighted by atomic mass is 15.2. The molecule has 0 aliphatic heterocycles. The highest BCUT2D eigenvalue weighted by molar-refractivity contribution is 6.24. The Kier molecular flexibility index (Phi) is 9.20. The number of hydrogen-bond donors (Lipinski definition) is 0. The lowest BCUT2D eigenvalue weighted by molar-refractivity contribution is 0.953. The third-order valence-corrected chi connectivity index (χ3v) is 15.4. The Labute approximate surface area is 436 Å². The van der Waals surface area contributed by atoms with Gasteiger partial charge in [-0.25, -0.2) is 4.98 Å². The molecule has 16 aromatic rings. The highest BCUT2D eigenvalue weighted by Gasteiger charge is 2.26. The topological polar surface area (TPSA) is 58.4 Å². The van der Waals surface area contributed by atoms with Gasteiger partial charge in [0.2, 0.25) is 5.95 Å². The Morgan fingerprint density at radius 2 is 0.605 bits per heavy atom. The predicted octanol–water partition coefficient (Wildman–Crippen LogP) is 17.3. The Morgan fingerprint density at radius 3 is 1.13 bits per heavy atom. The van der Waals surface area contributed by atoms with Crippen molar-refractivity contribution in [2.75, 3.05) is 0 Å². The first kappa shape index (κ1) is 42.2. The molecule has 0 fully saturated rings. The Balaban J connectivity index is 1.04. The zero-order valence-electron chi connectivity index (χ0n) is 41.0. The molecule has 354 valence electrons. The lowest BCUT2D eigenvalue weighted by Gasteiger charge is -2.14. The van der Waals surface area contributed by atoms with Crippen LogP contribution in [0, 0.1) is 0 Å². The molecule has 0 bridgehead atoms. The van der Waals surface area contributed by atoms with Crippen LogP contribution >= 0.6 is 0 Å². The molecule has 76 heavy (non-hydrogen) atoms. The van der Waals surface area contributed by atoms with E-state index in [1.807, 2.05) is 24.3 Å². The van der Waals surface area contributed by atoms with Crippen LogP contribution in [-0.4, -0.2) is 33.2 Å². The van der Waals surface area contributed by atoms with Crippen LogP contribution in [0.2, 0.25) is 0 Å². The van der Waals surface area contributed by atoms with E-state index in [1.54, 1.807) is 0 Å². The zero-order chi connectivity index (χ0) is 49.8. The Hall–Kier alpha value is -10.4. The van der Waals surface area contributed by atoms with E-state index in [-0.39, 0.29) is 0 Å². The monoisotopic (exact) mass is 969 g/mol. The number of benzene rings is 11. The predicted molar refractivity (Wildman–Crippen MR) is 313 cm³/mol. The maximum absolute atomic E-state index is 5.55. The van der Waals surface area contributed by atoms with Crippen LogP contribution in [-0.2, 0) is 0 Å². The second kappa shape index (κ2) is 16.6. The summed E-state index contributed by atoms with van der Waals surface area (Å²) in [6.45, 7) is 0. The van der Waals surface area contributed by atoms with Crippen molar-refractivity contribution in [1.29, 1.82) is 0 Å². The molecule has 0 saturated carbocycles. The van der Waals surface area contributed by atoms with E-state index >= 15 is 0 Å². The smallest absolute Gasteiger partial charge is 0.238 e. The van der Waals surface area contributed by atoms with Crippen molar-refractivity contribution < 1.29 is 0 Å². The molecule has 5 aromatic heterocycles. The zero-order valence-corrected chi connectivity index (χ0v) is 41.0. The van der Waals surface area contributed by atoms with E-state index < -0.39 is 0 Å². The molecule has 0 saturated heterocycles. The van der Waals surface area contributed by atoms with Gasteiger partial charge in [0.1, 0.15) is 0 Å². The first-order valence-electron chi connectivity index (χ1n) is 25.8. The van der Waals surface area contributed by atoms with E-state index in [0.29, 0.717) is 17.6 Å². The molecule has 16 rings (SSSR count). The minimum Gasteiger partial charge on any atom is -0.309 e. The van der Waals surface area contributed by atoms with Gasteiger partial charge < -0.3 is 13.7 Å². The van der Waals surface area contributed by atoms with Crippen LogP contribution in [0.3, 0.4) is 0 Å². The molecule has 0 aliphatic rings. The second-order valence-corrected chi connectivity index (χ2v) is 19.6. The summed E-state index contributed by atoms with van der Waals surface area (Å²) in [5.41, 5.74) is 16.0. The third-order valence-electron chi connectivity index (χ3n) is 15.4. The molecule has 11 aromatic carbocycles. The summed E-state index contributed by atoms with van der Waals surface area (Å²) in [4.78, 5) is 16.3. The first-order valence-corrected chi connectivity index (χ1v) is 25.8. The molecule has 0 aliphatic carbocycles. The molecule has 0 amide bonds. The summed E-state index contributed by atoms with van der Waals surface area (Å²) in [6, 6.07) is 93.4. The summed E-state index contributed by atoms with van der Waals surface area (Å²) < 4.78 is 9.55. The van der Waals surface area contributed by atoms with Crippen LogP contribution in [0.1, 0.15) is 0 Å². The largest absolute Gasteiger partial charge is 0.309 e. The van der Waals surface area contributed by atoms with Crippen molar-refractivity contribution in [3.8, 4) is 56.9 Å². The van der Waals surface area contributed by atoms with E-state index in [4.69, 9.17) is 15.0 Å². The van der Waals surface area contributed by atoms with Gasteiger partial charge in [-0.05, 0) is 90.0 Å². The summed E-state index contributed by atoms with van der Waals surface area (Å²) in [7, 11) is 0. The minimum absolute atomic E-state index is 0.530. The molecule has 0 unspecified atom stereocenters. The molecular formula is C69H43N7. The molecule has 7 nitrogen and oxygen atoms in total. The van der Waals surface area contributed by atoms with Crippen molar-refractivity contribution in [2.24, 2.45) is 0 Å². The SMILES string of the molecule is c1ccc(-c2cccc(-c3nc(-c4ccccc4)nc(-n4c5ccc(-n6c7ccccc7c7ccccc76)cc5c5ccc6c7cc(-n8c9ccccc9c9ccccc98)ccc7n(-c7ccccc7)c6c54)n3)c2)cc1. The maximum atomic E-state index is 5.55. The van der Waals surface area contributed by atoms with Gasteiger partial charge in [-0.15, -0.1) is 0 Å². The Bertz CT molecular complexity index is 4880. The fraction of sp³-hybridized carbons (Fsp3) is 0. The average molecular weight is 970 g/mol. The van der Waals surface area contributed by atoms with Gasteiger partial charge in [0.25, 0.3) is 0 Å². The standard InChI is InChI=1S/C69H43N7/c1-4-19-44(20-5-1)46-23-18-24-47(41-46)68-70-67(45-21-6-2-7-22-45)71-69(72-68)76-64-40-36-50(74-61-33-16-12-29-53(61)54-30-13-17-34-62(54)74)43-58(64)56-38-37-55-57-42-49(73-59-31-14-10-27-51(59)52-28-11-15-32-60(52)73)35-39-63(57)75(65(55)66(56)76)48-25-8-3-9-26-48/h1-43H. The average Bonchev–Trinajstić information content (AvgIpc) is 4.31. The summed E-state index contributed by atoms with van der Waals surface area (Å²) in [6.07, 6.45) is 0. The number of nitrogens with zero attached hydrogens (tertiary/aromatic N) is 7. The summed E-state index contributed by atoms with van der Waals surface area (Å²) in [5, 5.41) is 9.33. The van der Waals surface area contributed by atoms with Crippen LogP contribution in [0.15, 0.2) is 261 Å². The van der Waals surface area contributed by atoms with E-state index in [2.05, 4.69) is 255 Å². The molecular weight excluding hydrogens is 927 g/mol. The lowest BCUT2D eigenvalue weighted by Crippen LogP contribution is -2.07. The van der Waals surface area contributed by atoms with Gasteiger partial charge in [-0.3, -0.25) is 4.57 Å². The number of rotatable bonds is 7. The van der Waals surface area contributed by atoms with Gasteiger partial charge in [0.15, 0.2) is 11.6 Å². The van der Waals surface area contributed by atoms with Crippen molar-refractivity contribution in [3.05, 3.63) is 261 Å². The molecule has 5 heterocycles. The van der Waals surface area contributed by atoms with Crippen LogP contribution in [0.4, 0.5) is 0 Å². The fourth-order valence-electron chi connectivity index (χ4n) is 12.1. The quantitative estimate of drug-likeness (QED) is 0.160.